The van der Waals surface area contributed by atoms with Crippen LogP contribution in [0.25, 0.3) is 11.1 Å². The molecule has 112 valence electrons. The van der Waals surface area contributed by atoms with E-state index in [0.29, 0.717) is 0 Å². The van der Waals surface area contributed by atoms with E-state index in [4.69, 9.17) is 4.84 Å². The highest BCUT2D eigenvalue weighted by Gasteiger charge is 2.28. The zero-order chi connectivity index (χ0) is 15.3. The summed E-state index contributed by atoms with van der Waals surface area (Å²) in [7, 11) is 1.52. The summed E-state index contributed by atoms with van der Waals surface area (Å²) >= 11 is 0. The molecular formula is C15H14F3NO2. The molecule has 0 fully saturated rings. The molecule has 0 aliphatic heterocycles. The van der Waals surface area contributed by atoms with Crippen LogP contribution in [0.2, 0.25) is 0 Å². The van der Waals surface area contributed by atoms with E-state index in [2.05, 4.69) is 10.2 Å². The molecule has 0 heterocycles. The Labute approximate surface area is 120 Å². The summed E-state index contributed by atoms with van der Waals surface area (Å²) in [5.74, 6) is 0.189. The maximum absolute atomic E-state index is 12.0. The smallest absolute Gasteiger partial charge is 0.422 e. The number of alkyl halides is 3. The van der Waals surface area contributed by atoms with E-state index in [1.807, 2.05) is 24.3 Å². The topological polar surface area (TPSA) is 30.5 Å². The first-order chi connectivity index (χ1) is 9.98. The third-order valence-corrected chi connectivity index (χ3v) is 2.69. The van der Waals surface area contributed by atoms with Crippen LogP contribution in [0.3, 0.4) is 0 Å². The fourth-order valence-electron chi connectivity index (χ4n) is 1.76. The predicted octanol–water partition coefficient (Wildman–Crippen LogP) is 4.27. The van der Waals surface area contributed by atoms with E-state index < -0.39 is 12.8 Å². The van der Waals surface area contributed by atoms with Gasteiger partial charge in [-0.2, -0.15) is 13.2 Å². The molecule has 0 bridgehead atoms. The first kappa shape index (κ1) is 15.2. The van der Waals surface area contributed by atoms with Crippen LogP contribution in [0.1, 0.15) is 0 Å². The van der Waals surface area contributed by atoms with Crippen LogP contribution < -0.4 is 10.2 Å². The van der Waals surface area contributed by atoms with Crippen LogP contribution in [0.15, 0.2) is 48.5 Å². The third-order valence-electron chi connectivity index (χ3n) is 2.69. The lowest BCUT2D eigenvalue weighted by Gasteiger charge is -2.10. The molecule has 0 radical (unpaired) electrons. The Kier molecular flexibility index (Phi) is 4.70. The van der Waals surface area contributed by atoms with Crippen molar-refractivity contribution in [3.63, 3.8) is 0 Å². The highest BCUT2D eigenvalue weighted by molar-refractivity contribution is 5.66. The van der Waals surface area contributed by atoms with Crippen molar-refractivity contribution in [1.29, 1.82) is 0 Å². The van der Waals surface area contributed by atoms with Crippen LogP contribution in [-0.2, 0) is 4.84 Å². The Hall–Kier alpha value is -2.21. The van der Waals surface area contributed by atoms with E-state index >= 15 is 0 Å². The summed E-state index contributed by atoms with van der Waals surface area (Å²) in [6, 6.07) is 13.9. The zero-order valence-electron chi connectivity index (χ0n) is 11.3. The van der Waals surface area contributed by atoms with E-state index in [1.54, 1.807) is 12.1 Å². The number of anilines is 1. The van der Waals surface area contributed by atoms with Crippen molar-refractivity contribution in [2.45, 2.75) is 6.18 Å². The second-order valence-electron chi connectivity index (χ2n) is 4.31. The number of rotatable bonds is 5. The first-order valence-corrected chi connectivity index (χ1v) is 6.17. The highest BCUT2D eigenvalue weighted by Crippen LogP contribution is 2.25. The van der Waals surface area contributed by atoms with E-state index in [9.17, 15) is 13.2 Å². The molecule has 21 heavy (non-hydrogen) atoms. The number of benzene rings is 2. The van der Waals surface area contributed by atoms with Gasteiger partial charge >= 0.3 is 6.18 Å². The number of ether oxygens (including phenoxy) is 1. The third kappa shape index (κ3) is 4.68. The van der Waals surface area contributed by atoms with Gasteiger partial charge in [-0.1, -0.05) is 24.3 Å². The molecule has 0 saturated heterocycles. The van der Waals surface area contributed by atoms with Gasteiger partial charge in [0.15, 0.2) is 6.61 Å². The van der Waals surface area contributed by atoms with Crippen LogP contribution >= 0.6 is 0 Å². The molecular weight excluding hydrogens is 283 g/mol. The molecule has 0 aliphatic carbocycles. The van der Waals surface area contributed by atoms with Crippen molar-refractivity contribution >= 4 is 5.69 Å². The van der Waals surface area contributed by atoms with Gasteiger partial charge in [-0.05, 0) is 35.4 Å². The van der Waals surface area contributed by atoms with Gasteiger partial charge in [0.25, 0.3) is 0 Å². The van der Waals surface area contributed by atoms with Gasteiger partial charge in [-0.15, -0.1) is 0 Å². The second-order valence-corrected chi connectivity index (χ2v) is 4.31. The van der Waals surface area contributed by atoms with Gasteiger partial charge in [-0.3, -0.25) is 10.3 Å². The van der Waals surface area contributed by atoms with Gasteiger partial charge in [0.1, 0.15) is 5.75 Å². The van der Waals surface area contributed by atoms with Crippen LogP contribution in [-0.4, -0.2) is 19.9 Å². The summed E-state index contributed by atoms with van der Waals surface area (Å²) < 4.78 is 40.8. The highest BCUT2D eigenvalue weighted by atomic mass is 19.4. The van der Waals surface area contributed by atoms with Gasteiger partial charge in [0.2, 0.25) is 0 Å². The lowest BCUT2D eigenvalue weighted by molar-refractivity contribution is -0.153. The SMILES string of the molecule is CONc1ccc(-c2ccc(OCC(F)(F)F)cc2)cc1. The maximum atomic E-state index is 12.0. The van der Waals surface area contributed by atoms with Crippen molar-refractivity contribution in [2.24, 2.45) is 0 Å². The number of hydrogen-bond donors (Lipinski definition) is 1. The van der Waals surface area contributed by atoms with Crippen molar-refractivity contribution in [2.75, 3.05) is 19.2 Å². The Balaban J connectivity index is 2.04. The lowest BCUT2D eigenvalue weighted by Crippen LogP contribution is -2.19. The summed E-state index contributed by atoms with van der Waals surface area (Å²) in [6.07, 6.45) is -4.33. The van der Waals surface area contributed by atoms with Crippen LogP contribution in [0.5, 0.6) is 5.75 Å². The quantitative estimate of drug-likeness (QED) is 0.836. The monoisotopic (exact) mass is 297 g/mol. The molecule has 2 rings (SSSR count). The van der Waals surface area contributed by atoms with Crippen molar-refractivity contribution in [1.82, 2.24) is 0 Å². The number of hydrogen-bond acceptors (Lipinski definition) is 3. The molecule has 6 heteroatoms. The molecule has 1 N–H and O–H groups in total. The summed E-state index contributed by atoms with van der Waals surface area (Å²) in [4.78, 5) is 4.79. The fourth-order valence-corrected chi connectivity index (χ4v) is 1.76. The predicted molar refractivity (Wildman–Crippen MR) is 74.1 cm³/mol. The molecule has 0 aromatic heterocycles. The molecule has 2 aromatic carbocycles. The average Bonchev–Trinajstić information content (AvgIpc) is 2.46. The van der Waals surface area contributed by atoms with Crippen LogP contribution in [0, 0.1) is 0 Å². The molecule has 0 atom stereocenters. The van der Waals surface area contributed by atoms with E-state index in [1.165, 1.54) is 19.2 Å². The van der Waals surface area contributed by atoms with E-state index in [0.717, 1.165) is 16.8 Å². The molecule has 0 aliphatic rings. The molecule has 3 nitrogen and oxygen atoms in total. The number of halogens is 3. The zero-order valence-corrected chi connectivity index (χ0v) is 11.3. The summed E-state index contributed by atoms with van der Waals surface area (Å²) in [5.41, 5.74) is 5.34. The minimum atomic E-state index is -4.33. The van der Waals surface area contributed by atoms with Gasteiger partial charge in [0.05, 0.1) is 12.8 Å². The Morgan fingerprint density at radius 2 is 1.43 bits per heavy atom. The minimum Gasteiger partial charge on any atom is -0.484 e. The van der Waals surface area contributed by atoms with Crippen molar-refractivity contribution in [3.8, 4) is 16.9 Å². The van der Waals surface area contributed by atoms with Gasteiger partial charge < -0.3 is 4.74 Å². The fraction of sp³-hybridized carbons (Fsp3) is 0.200. The largest absolute Gasteiger partial charge is 0.484 e. The van der Waals surface area contributed by atoms with Gasteiger partial charge in [-0.25, -0.2) is 0 Å². The average molecular weight is 297 g/mol. The second kappa shape index (κ2) is 6.49. The molecule has 0 saturated carbocycles. The summed E-state index contributed by atoms with van der Waals surface area (Å²) in [5, 5.41) is 0. The minimum absolute atomic E-state index is 0.189. The maximum Gasteiger partial charge on any atom is 0.422 e. The number of nitrogens with one attached hydrogen (secondary N) is 1. The first-order valence-electron chi connectivity index (χ1n) is 6.17. The molecule has 0 amide bonds. The van der Waals surface area contributed by atoms with Crippen molar-refractivity contribution in [3.05, 3.63) is 48.5 Å². The molecule has 0 spiro atoms. The normalized spacial score (nSPS) is 11.2. The van der Waals surface area contributed by atoms with E-state index in [-0.39, 0.29) is 5.75 Å². The molecule has 2 aromatic rings. The van der Waals surface area contributed by atoms with Gasteiger partial charge in [0, 0.05) is 0 Å². The lowest BCUT2D eigenvalue weighted by atomic mass is 10.1. The Bertz CT molecular complexity index is 565. The molecule has 0 unspecified atom stereocenters. The van der Waals surface area contributed by atoms with Crippen LogP contribution in [0.4, 0.5) is 18.9 Å². The Morgan fingerprint density at radius 3 is 1.90 bits per heavy atom. The van der Waals surface area contributed by atoms with Crippen molar-refractivity contribution < 1.29 is 22.7 Å². The standard InChI is InChI=1S/C15H14F3NO2/c1-20-19-13-6-2-11(3-7-13)12-4-8-14(9-5-12)21-10-15(16,17)18/h2-9,19H,10H2,1H3. The summed E-state index contributed by atoms with van der Waals surface area (Å²) in [6.45, 7) is -1.29. The Morgan fingerprint density at radius 1 is 0.905 bits per heavy atom.